The fourth-order valence-electron chi connectivity index (χ4n) is 1.68. The van der Waals surface area contributed by atoms with E-state index in [9.17, 15) is 4.79 Å². The molecule has 1 heterocycles. The molecule has 2 rings (SSSR count). The van der Waals surface area contributed by atoms with Crippen LogP contribution < -0.4 is 5.32 Å². The van der Waals surface area contributed by atoms with Gasteiger partial charge >= 0.3 is 0 Å². The van der Waals surface area contributed by atoms with E-state index in [1.54, 1.807) is 29.1 Å². The average molecular weight is 333 g/mol. The molecule has 0 aliphatic carbocycles. The molecule has 0 radical (unpaired) electrons. The highest BCUT2D eigenvalue weighted by Crippen LogP contribution is 2.29. The molecule has 4 nitrogen and oxygen atoms in total. The number of carbonyl (C=O) groups excluding carboxylic acids is 1. The fourth-order valence-corrected chi connectivity index (χ4v) is 2.31. The van der Waals surface area contributed by atoms with Crippen molar-refractivity contribution in [3.63, 3.8) is 0 Å². The molecule has 0 fully saturated rings. The van der Waals surface area contributed by atoms with Crippen molar-refractivity contribution in [2.24, 2.45) is 0 Å². The number of anilines is 1. The van der Waals surface area contributed by atoms with Gasteiger partial charge in [0.1, 0.15) is 0 Å². The second kappa shape index (κ2) is 6.48. The van der Waals surface area contributed by atoms with Gasteiger partial charge in [0.15, 0.2) is 0 Å². The molecule has 1 aromatic heterocycles. The Bertz CT molecular complexity index is 620. The van der Waals surface area contributed by atoms with Crippen LogP contribution in [0.3, 0.4) is 0 Å². The number of benzene rings is 1. The smallest absolute Gasteiger partial charge is 0.226 e. The quantitative estimate of drug-likeness (QED) is 0.913. The van der Waals surface area contributed by atoms with Crippen molar-refractivity contribution in [1.29, 1.82) is 0 Å². The van der Waals surface area contributed by atoms with Crippen molar-refractivity contribution in [2.75, 3.05) is 5.32 Å². The van der Waals surface area contributed by atoms with Crippen LogP contribution in [0.15, 0.2) is 24.4 Å². The normalized spacial score (nSPS) is 10.6. The van der Waals surface area contributed by atoms with E-state index >= 15 is 0 Å². The molecule has 0 saturated carbocycles. The predicted octanol–water partition coefficient (Wildman–Crippen LogP) is 4.18. The monoisotopic (exact) mass is 331 g/mol. The minimum Gasteiger partial charge on any atom is -0.323 e. The standard InChI is InChI=1S/C13H12Cl3N3O/c1-8-11(16)7-17-19(8)6-5-12(20)18-13-9(14)3-2-4-10(13)15/h2-4,7H,5-6H2,1H3,(H,18,20). The summed E-state index contributed by atoms with van der Waals surface area (Å²) in [5.74, 6) is -0.189. The number of halogens is 3. The second-order valence-electron chi connectivity index (χ2n) is 4.20. The van der Waals surface area contributed by atoms with E-state index in [2.05, 4.69) is 10.4 Å². The van der Waals surface area contributed by atoms with Crippen molar-refractivity contribution in [1.82, 2.24) is 9.78 Å². The molecule has 0 aliphatic heterocycles. The van der Waals surface area contributed by atoms with Gasteiger partial charge in [0.25, 0.3) is 0 Å². The summed E-state index contributed by atoms with van der Waals surface area (Å²) in [5.41, 5.74) is 1.26. The number of aromatic nitrogens is 2. The minimum absolute atomic E-state index is 0.189. The number of nitrogens with zero attached hydrogens (tertiary/aromatic N) is 2. The Morgan fingerprint density at radius 3 is 2.45 bits per heavy atom. The van der Waals surface area contributed by atoms with Gasteiger partial charge in [-0.25, -0.2) is 0 Å². The molecule has 0 atom stereocenters. The summed E-state index contributed by atoms with van der Waals surface area (Å²) in [6.45, 7) is 2.28. The molecule has 106 valence electrons. The van der Waals surface area contributed by atoms with Crippen LogP contribution in [0, 0.1) is 6.92 Å². The van der Waals surface area contributed by atoms with E-state index in [-0.39, 0.29) is 12.3 Å². The van der Waals surface area contributed by atoms with E-state index in [1.807, 2.05) is 6.92 Å². The molecule has 0 aliphatic rings. The first kappa shape index (κ1) is 15.2. The van der Waals surface area contributed by atoms with Crippen LogP contribution in [-0.2, 0) is 11.3 Å². The van der Waals surface area contributed by atoms with Gasteiger partial charge in [-0.15, -0.1) is 0 Å². The Kier molecular flexibility index (Phi) is 4.91. The highest BCUT2D eigenvalue weighted by molar-refractivity contribution is 6.39. The molecule has 1 amide bonds. The summed E-state index contributed by atoms with van der Waals surface area (Å²) in [4.78, 5) is 11.9. The molecule has 0 saturated heterocycles. The molecule has 20 heavy (non-hydrogen) atoms. The molecule has 7 heteroatoms. The van der Waals surface area contributed by atoms with Gasteiger partial charge in [-0.05, 0) is 19.1 Å². The highest BCUT2D eigenvalue weighted by Gasteiger charge is 2.11. The maximum absolute atomic E-state index is 11.9. The highest BCUT2D eigenvalue weighted by atomic mass is 35.5. The SMILES string of the molecule is Cc1c(Cl)cnn1CCC(=O)Nc1c(Cl)cccc1Cl. The summed E-state index contributed by atoms with van der Waals surface area (Å²) in [6, 6.07) is 5.05. The first-order chi connectivity index (χ1) is 9.49. The molecule has 0 spiro atoms. The first-order valence-corrected chi connectivity index (χ1v) is 7.04. The molecular formula is C13H12Cl3N3O. The van der Waals surface area contributed by atoms with Crippen molar-refractivity contribution in [2.45, 2.75) is 19.9 Å². The number of rotatable bonds is 4. The Morgan fingerprint density at radius 1 is 1.25 bits per heavy atom. The Hall–Kier alpha value is -1.23. The van der Waals surface area contributed by atoms with Gasteiger partial charge < -0.3 is 5.32 Å². The number of amides is 1. The Morgan fingerprint density at radius 2 is 1.90 bits per heavy atom. The summed E-state index contributed by atoms with van der Waals surface area (Å²) < 4.78 is 1.68. The maximum atomic E-state index is 11.9. The predicted molar refractivity (Wildman–Crippen MR) is 81.7 cm³/mol. The van der Waals surface area contributed by atoms with Crippen LogP contribution in [0.4, 0.5) is 5.69 Å². The lowest BCUT2D eigenvalue weighted by Gasteiger charge is -2.09. The van der Waals surface area contributed by atoms with E-state index in [0.717, 1.165) is 5.69 Å². The molecular weight excluding hydrogens is 321 g/mol. The topological polar surface area (TPSA) is 46.9 Å². The third-order valence-corrected chi connectivity index (χ3v) is 3.82. The van der Waals surface area contributed by atoms with Crippen LogP contribution in [-0.4, -0.2) is 15.7 Å². The fraction of sp³-hybridized carbons (Fsp3) is 0.231. The number of hydrogen-bond donors (Lipinski definition) is 1. The lowest BCUT2D eigenvalue weighted by Crippen LogP contribution is -2.16. The van der Waals surface area contributed by atoms with Crippen molar-refractivity contribution < 1.29 is 4.79 Å². The maximum Gasteiger partial charge on any atom is 0.226 e. The summed E-state index contributed by atoms with van der Waals surface area (Å²) >= 11 is 17.9. The van der Waals surface area contributed by atoms with E-state index < -0.39 is 0 Å². The third-order valence-electron chi connectivity index (χ3n) is 2.82. The van der Waals surface area contributed by atoms with Crippen LogP contribution in [0.1, 0.15) is 12.1 Å². The van der Waals surface area contributed by atoms with E-state index in [4.69, 9.17) is 34.8 Å². The Labute approximate surface area is 131 Å². The average Bonchev–Trinajstić information content (AvgIpc) is 2.72. The zero-order valence-electron chi connectivity index (χ0n) is 10.7. The largest absolute Gasteiger partial charge is 0.323 e. The first-order valence-electron chi connectivity index (χ1n) is 5.91. The van der Waals surface area contributed by atoms with Gasteiger partial charge in [0, 0.05) is 6.42 Å². The van der Waals surface area contributed by atoms with Gasteiger partial charge in [-0.2, -0.15) is 5.10 Å². The minimum atomic E-state index is -0.189. The van der Waals surface area contributed by atoms with Crippen molar-refractivity contribution in [3.05, 3.63) is 45.2 Å². The third kappa shape index (κ3) is 3.45. The van der Waals surface area contributed by atoms with Gasteiger partial charge in [0.2, 0.25) is 5.91 Å². The molecule has 1 aromatic carbocycles. The lowest BCUT2D eigenvalue weighted by atomic mass is 10.3. The zero-order valence-corrected chi connectivity index (χ0v) is 12.9. The van der Waals surface area contributed by atoms with E-state index in [1.165, 1.54) is 0 Å². The van der Waals surface area contributed by atoms with Crippen LogP contribution in [0.5, 0.6) is 0 Å². The molecule has 1 N–H and O–H groups in total. The van der Waals surface area contributed by atoms with Gasteiger partial charge in [-0.3, -0.25) is 9.48 Å². The number of carbonyl (C=O) groups is 1. The van der Waals surface area contributed by atoms with Crippen LogP contribution in [0.25, 0.3) is 0 Å². The van der Waals surface area contributed by atoms with Crippen LogP contribution in [0.2, 0.25) is 15.1 Å². The van der Waals surface area contributed by atoms with Crippen LogP contribution >= 0.6 is 34.8 Å². The molecule has 2 aromatic rings. The summed E-state index contributed by atoms with van der Waals surface area (Å²) in [7, 11) is 0. The number of nitrogens with one attached hydrogen (secondary N) is 1. The molecule has 0 unspecified atom stereocenters. The van der Waals surface area contributed by atoms with Crippen molar-refractivity contribution >= 4 is 46.4 Å². The summed E-state index contributed by atoms with van der Waals surface area (Å²) in [5, 5.41) is 8.18. The zero-order chi connectivity index (χ0) is 14.7. The van der Waals surface area contributed by atoms with E-state index in [0.29, 0.717) is 27.3 Å². The summed E-state index contributed by atoms with van der Waals surface area (Å²) in [6.07, 6.45) is 1.81. The number of aryl methyl sites for hydroxylation is 1. The van der Waals surface area contributed by atoms with Crippen molar-refractivity contribution in [3.8, 4) is 0 Å². The van der Waals surface area contributed by atoms with Gasteiger partial charge in [0.05, 0.1) is 39.2 Å². The lowest BCUT2D eigenvalue weighted by molar-refractivity contribution is -0.116. The number of para-hydroxylation sites is 1. The number of hydrogen-bond acceptors (Lipinski definition) is 2. The Balaban J connectivity index is 1.98. The molecule has 0 bridgehead atoms. The van der Waals surface area contributed by atoms with Gasteiger partial charge in [-0.1, -0.05) is 40.9 Å². The second-order valence-corrected chi connectivity index (χ2v) is 5.42.